The highest BCUT2D eigenvalue weighted by Crippen LogP contribution is 2.11. The van der Waals surface area contributed by atoms with Crippen molar-refractivity contribution in [3.05, 3.63) is 35.4 Å². The van der Waals surface area contributed by atoms with Gasteiger partial charge in [0.2, 0.25) is 0 Å². The molecule has 1 fully saturated rings. The molecule has 2 rings (SSSR count). The summed E-state index contributed by atoms with van der Waals surface area (Å²) in [6, 6.07) is 8.95. The molecule has 0 amide bonds. The van der Waals surface area contributed by atoms with E-state index in [9.17, 15) is 0 Å². The molecule has 0 bridgehead atoms. The number of aliphatic imine (C=N–C) groups is 1. The van der Waals surface area contributed by atoms with Gasteiger partial charge in [-0.2, -0.15) is 0 Å². The summed E-state index contributed by atoms with van der Waals surface area (Å²) >= 11 is 0. The van der Waals surface area contributed by atoms with Crippen LogP contribution in [0.2, 0.25) is 0 Å². The first-order valence-electron chi connectivity index (χ1n) is 10.3. The lowest BCUT2D eigenvalue weighted by Gasteiger charge is -2.34. The number of piperazine rings is 1. The second-order valence-electron chi connectivity index (χ2n) is 7.00. The van der Waals surface area contributed by atoms with Gasteiger partial charge in [0.05, 0.1) is 6.54 Å². The molecule has 1 aromatic rings. The molecule has 1 saturated heterocycles. The number of guanidine groups is 1. The van der Waals surface area contributed by atoms with Gasteiger partial charge in [-0.25, -0.2) is 4.99 Å². The highest BCUT2D eigenvalue weighted by Gasteiger charge is 2.15. The van der Waals surface area contributed by atoms with Crippen molar-refractivity contribution in [1.29, 1.82) is 0 Å². The van der Waals surface area contributed by atoms with Crippen LogP contribution in [0.5, 0.6) is 0 Å². The average molecular weight is 360 g/mol. The smallest absolute Gasteiger partial charge is 0.191 e. The maximum absolute atomic E-state index is 4.70. The molecule has 0 aromatic heterocycles. The van der Waals surface area contributed by atoms with Crippen molar-refractivity contribution in [2.75, 3.05) is 45.8 Å². The van der Waals surface area contributed by atoms with Crippen LogP contribution in [0.3, 0.4) is 0 Å². The van der Waals surface area contributed by atoms with E-state index in [4.69, 9.17) is 4.99 Å². The van der Waals surface area contributed by atoms with Gasteiger partial charge in [0.25, 0.3) is 0 Å². The molecular formula is C21H37N5. The van der Waals surface area contributed by atoms with Crippen LogP contribution >= 0.6 is 0 Å². The maximum Gasteiger partial charge on any atom is 0.191 e. The largest absolute Gasteiger partial charge is 0.357 e. The maximum atomic E-state index is 4.70. The molecular weight excluding hydrogens is 322 g/mol. The Labute approximate surface area is 159 Å². The third-order valence-electron chi connectivity index (χ3n) is 4.93. The number of rotatable bonds is 9. The Balaban J connectivity index is 1.81. The third kappa shape index (κ3) is 7.34. The number of hydrogen-bond acceptors (Lipinski definition) is 3. The zero-order valence-corrected chi connectivity index (χ0v) is 16.9. The van der Waals surface area contributed by atoms with Crippen LogP contribution in [-0.2, 0) is 13.1 Å². The normalized spacial score (nSPS) is 16.7. The quantitative estimate of drug-likeness (QED) is 0.404. The van der Waals surface area contributed by atoms with Crippen LogP contribution in [0.15, 0.2) is 29.3 Å². The molecule has 1 aliphatic rings. The molecule has 5 nitrogen and oxygen atoms in total. The topological polar surface area (TPSA) is 42.9 Å². The number of benzene rings is 1. The predicted octanol–water partition coefficient (Wildman–Crippen LogP) is 2.68. The van der Waals surface area contributed by atoms with E-state index >= 15 is 0 Å². The summed E-state index contributed by atoms with van der Waals surface area (Å²) in [7, 11) is 0. The van der Waals surface area contributed by atoms with Crippen LogP contribution in [0.4, 0.5) is 0 Å². The summed E-state index contributed by atoms with van der Waals surface area (Å²) in [5.74, 6) is 0.916. The van der Waals surface area contributed by atoms with Crippen molar-refractivity contribution in [3.8, 4) is 0 Å². The minimum Gasteiger partial charge on any atom is -0.357 e. The van der Waals surface area contributed by atoms with Crippen molar-refractivity contribution >= 4 is 5.96 Å². The van der Waals surface area contributed by atoms with Crippen molar-refractivity contribution in [3.63, 3.8) is 0 Å². The van der Waals surface area contributed by atoms with Crippen LogP contribution in [0.25, 0.3) is 0 Å². The number of nitrogens with one attached hydrogen (secondary N) is 2. The number of likely N-dealkylation sites (N-methyl/N-ethyl adjacent to an activating group) is 1. The highest BCUT2D eigenvalue weighted by atomic mass is 15.3. The lowest BCUT2D eigenvalue weighted by molar-refractivity contribution is 0.132. The number of nitrogens with zero attached hydrogens (tertiary/aromatic N) is 3. The Morgan fingerprint density at radius 2 is 1.58 bits per heavy atom. The first kappa shape index (κ1) is 20.7. The second kappa shape index (κ2) is 11.9. The van der Waals surface area contributed by atoms with Crippen LogP contribution in [0, 0.1) is 0 Å². The van der Waals surface area contributed by atoms with Crippen LogP contribution in [0.1, 0.15) is 44.7 Å². The number of hydrogen-bond donors (Lipinski definition) is 2. The van der Waals surface area contributed by atoms with Gasteiger partial charge in [0.15, 0.2) is 5.96 Å². The minimum atomic E-state index is 0.719. The molecule has 5 heteroatoms. The van der Waals surface area contributed by atoms with Gasteiger partial charge in [-0.15, -0.1) is 0 Å². The van der Waals surface area contributed by atoms with Crippen LogP contribution < -0.4 is 10.6 Å². The Morgan fingerprint density at radius 1 is 0.923 bits per heavy atom. The zero-order chi connectivity index (χ0) is 18.6. The first-order valence-corrected chi connectivity index (χ1v) is 10.3. The van der Waals surface area contributed by atoms with E-state index in [1.165, 1.54) is 56.7 Å². The zero-order valence-electron chi connectivity index (χ0n) is 16.9. The first-order chi connectivity index (χ1) is 12.7. The van der Waals surface area contributed by atoms with Gasteiger partial charge in [-0.1, -0.05) is 44.5 Å². The Hall–Kier alpha value is -1.59. The van der Waals surface area contributed by atoms with E-state index in [0.29, 0.717) is 0 Å². The van der Waals surface area contributed by atoms with Gasteiger partial charge >= 0.3 is 0 Å². The molecule has 0 aliphatic carbocycles. The summed E-state index contributed by atoms with van der Waals surface area (Å²) in [5.41, 5.74) is 2.66. The summed E-state index contributed by atoms with van der Waals surface area (Å²) < 4.78 is 0. The van der Waals surface area contributed by atoms with Crippen LogP contribution in [-0.4, -0.2) is 61.6 Å². The Bertz CT molecular complexity index is 518. The highest BCUT2D eigenvalue weighted by molar-refractivity contribution is 5.79. The average Bonchev–Trinajstić information content (AvgIpc) is 2.68. The molecule has 0 saturated carbocycles. The monoisotopic (exact) mass is 359 g/mol. The van der Waals surface area contributed by atoms with E-state index in [2.05, 4.69) is 65.5 Å². The van der Waals surface area contributed by atoms with Gasteiger partial charge in [0, 0.05) is 45.8 Å². The Morgan fingerprint density at radius 3 is 2.19 bits per heavy atom. The molecule has 2 N–H and O–H groups in total. The molecule has 0 unspecified atom stereocenters. The molecule has 1 aliphatic heterocycles. The van der Waals surface area contributed by atoms with E-state index in [1.807, 2.05) is 0 Å². The molecule has 1 heterocycles. The van der Waals surface area contributed by atoms with Crippen molar-refractivity contribution in [1.82, 2.24) is 20.4 Å². The van der Waals surface area contributed by atoms with Gasteiger partial charge < -0.3 is 15.5 Å². The summed E-state index contributed by atoms with van der Waals surface area (Å²) in [4.78, 5) is 9.77. The van der Waals surface area contributed by atoms with E-state index in [1.54, 1.807) is 0 Å². The van der Waals surface area contributed by atoms with Crippen molar-refractivity contribution in [2.24, 2.45) is 4.99 Å². The van der Waals surface area contributed by atoms with Gasteiger partial charge in [-0.05, 0) is 31.0 Å². The lowest BCUT2D eigenvalue weighted by Crippen LogP contribution is -2.45. The number of unbranched alkanes of at least 4 members (excludes halogenated alkanes) is 1. The van der Waals surface area contributed by atoms with Crippen molar-refractivity contribution in [2.45, 2.75) is 46.7 Å². The second-order valence-corrected chi connectivity index (χ2v) is 7.00. The minimum absolute atomic E-state index is 0.719. The van der Waals surface area contributed by atoms with Gasteiger partial charge in [0.1, 0.15) is 0 Å². The molecule has 0 spiro atoms. The summed E-state index contributed by atoms with van der Waals surface area (Å²) in [5, 5.41) is 6.71. The van der Waals surface area contributed by atoms with E-state index in [0.717, 1.165) is 32.1 Å². The third-order valence-corrected chi connectivity index (χ3v) is 4.93. The standard InChI is InChI=1S/C21H37N5/c1-4-7-12-23-21(22-5-2)24-17-19-8-10-20(11-9-19)18-26-15-13-25(6-3)14-16-26/h8-11H,4-7,12-18H2,1-3H3,(H2,22,23,24). The molecule has 26 heavy (non-hydrogen) atoms. The predicted molar refractivity (Wildman–Crippen MR) is 112 cm³/mol. The molecule has 1 aromatic carbocycles. The van der Waals surface area contributed by atoms with E-state index < -0.39 is 0 Å². The molecule has 146 valence electrons. The fraction of sp³-hybridized carbons (Fsp3) is 0.667. The molecule has 0 radical (unpaired) electrons. The van der Waals surface area contributed by atoms with Crippen molar-refractivity contribution < 1.29 is 0 Å². The Kier molecular flexibility index (Phi) is 9.50. The lowest BCUT2D eigenvalue weighted by atomic mass is 10.1. The summed E-state index contributed by atoms with van der Waals surface area (Å²) in [6.45, 7) is 16.1. The molecule has 0 atom stereocenters. The fourth-order valence-corrected chi connectivity index (χ4v) is 3.17. The fourth-order valence-electron chi connectivity index (χ4n) is 3.17. The summed E-state index contributed by atoms with van der Waals surface area (Å²) in [6.07, 6.45) is 2.37. The SMILES string of the molecule is CCCCNC(=NCc1ccc(CN2CCN(CC)CC2)cc1)NCC. The van der Waals surface area contributed by atoms with Gasteiger partial charge in [-0.3, -0.25) is 4.90 Å². The van der Waals surface area contributed by atoms with E-state index in [-0.39, 0.29) is 0 Å².